The molecule has 1 N–H and O–H groups in total. The van der Waals surface area contributed by atoms with E-state index in [0.29, 0.717) is 6.61 Å². The molecule has 1 aromatic rings. The first-order chi connectivity index (χ1) is 14.1. The molecule has 1 saturated carbocycles. The van der Waals surface area contributed by atoms with Gasteiger partial charge in [-0.3, -0.25) is 9.59 Å². The van der Waals surface area contributed by atoms with Crippen LogP contribution in [0.3, 0.4) is 0 Å². The molecule has 1 atom stereocenters. The molecule has 2 fully saturated rings. The Hall–Kier alpha value is -2.13. The Balaban J connectivity index is 1.86. The molecule has 3 rings (SSSR count). The summed E-state index contributed by atoms with van der Waals surface area (Å²) in [5.74, 6) is 0.0443. The molecule has 2 aliphatic rings. The number of benzene rings is 1. The van der Waals surface area contributed by atoms with Crippen LogP contribution in [0.25, 0.3) is 0 Å². The molecule has 8 nitrogen and oxygen atoms in total. The van der Waals surface area contributed by atoms with Gasteiger partial charge in [0.2, 0.25) is 21.8 Å². The van der Waals surface area contributed by atoms with Crippen molar-refractivity contribution in [1.82, 2.24) is 14.5 Å². The molecule has 1 heterocycles. The quantitative estimate of drug-likeness (QED) is 0.698. The third-order valence-corrected chi connectivity index (χ3v) is 7.11. The maximum Gasteiger partial charge on any atom is 0.247 e. The SMILES string of the molecule is CCOc1ccc(CN2C(=O)CN(S(C)(=O)=O)CC2(C)C(=O)NC2CCCC2)cc1. The molecule has 1 saturated heterocycles. The van der Waals surface area contributed by atoms with Crippen LogP contribution in [0.5, 0.6) is 5.75 Å². The minimum absolute atomic E-state index is 0.0623. The smallest absolute Gasteiger partial charge is 0.247 e. The van der Waals surface area contributed by atoms with Crippen molar-refractivity contribution in [2.45, 2.75) is 57.7 Å². The highest BCUT2D eigenvalue weighted by Gasteiger charge is 2.49. The second-order valence-corrected chi connectivity index (χ2v) is 10.3. The molecule has 1 unspecified atom stereocenters. The Morgan fingerprint density at radius 2 is 1.87 bits per heavy atom. The first-order valence-electron chi connectivity index (χ1n) is 10.4. The van der Waals surface area contributed by atoms with Gasteiger partial charge in [-0.1, -0.05) is 25.0 Å². The molecule has 30 heavy (non-hydrogen) atoms. The van der Waals surface area contributed by atoms with Crippen molar-refractivity contribution < 1.29 is 22.7 Å². The number of sulfonamides is 1. The monoisotopic (exact) mass is 437 g/mol. The largest absolute Gasteiger partial charge is 0.494 e. The summed E-state index contributed by atoms with van der Waals surface area (Å²) in [4.78, 5) is 27.8. The van der Waals surface area contributed by atoms with Crippen LogP contribution in [0.2, 0.25) is 0 Å². The fraction of sp³-hybridized carbons (Fsp3) is 0.619. The van der Waals surface area contributed by atoms with Crippen molar-refractivity contribution in [3.05, 3.63) is 29.8 Å². The maximum atomic E-state index is 13.3. The summed E-state index contributed by atoms with van der Waals surface area (Å²) in [6.07, 6.45) is 5.00. The average molecular weight is 438 g/mol. The number of piperazine rings is 1. The van der Waals surface area contributed by atoms with Gasteiger partial charge in [0.05, 0.1) is 19.4 Å². The van der Waals surface area contributed by atoms with Crippen molar-refractivity contribution in [3.63, 3.8) is 0 Å². The van der Waals surface area contributed by atoms with Gasteiger partial charge in [0.1, 0.15) is 11.3 Å². The number of ether oxygens (including phenoxy) is 1. The van der Waals surface area contributed by atoms with Crippen LogP contribution < -0.4 is 10.1 Å². The van der Waals surface area contributed by atoms with E-state index in [2.05, 4.69) is 5.32 Å². The first-order valence-corrected chi connectivity index (χ1v) is 12.3. The average Bonchev–Trinajstić information content (AvgIpc) is 3.18. The number of carbonyl (C=O) groups excluding carboxylic acids is 2. The van der Waals surface area contributed by atoms with E-state index < -0.39 is 15.6 Å². The van der Waals surface area contributed by atoms with Gasteiger partial charge < -0.3 is 15.0 Å². The van der Waals surface area contributed by atoms with Gasteiger partial charge in [-0.25, -0.2) is 8.42 Å². The minimum atomic E-state index is -3.61. The molecule has 0 spiro atoms. The molecule has 1 aliphatic heterocycles. The summed E-state index contributed by atoms with van der Waals surface area (Å²) in [5, 5.41) is 3.05. The molecule has 0 radical (unpaired) electrons. The van der Waals surface area contributed by atoms with Gasteiger partial charge in [-0.15, -0.1) is 0 Å². The summed E-state index contributed by atoms with van der Waals surface area (Å²) in [6, 6.07) is 7.44. The van der Waals surface area contributed by atoms with Gasteiger partial charge in [-0.05, 0) is 44.4 Å². The number of nitrogens with one attached hydrogen (secondary N) is 1. The molecule has 1 aromatic carbocycles. The summed E-state index contributed by atoms with van der Waals surface area (Å²) in [5.41, 5.74) is -0.445. The van der Waals surface area contributed by atoms with Gasteiger partial charge >= 0.3 is 0 Å². The van der Waals surface area contributed by atoms with E-state index in [4.69, 9.17) is 4.74 Å². The summed E-state index contributed by atoms with van der Waals surface area (Å²) in [6.45, 7) is 4.01. The molecule has 0 bridgehead atoms. The van der Waals surface area contributed by atoms with E-state index in [1.165, 1.54) is 4.90 Å². The highest BCUT2D eigenvalue weighted by molar-refractivity contribution is 7.88. The van der Waals surface area contributed by atoms with E-state index in [-0.39, 0.29) is 37.5 Å². The standard InChI is InChI=1S/C21H31N3O5S/c1-4-29-18-11-9-16(10-12-18)13-24-19(25)14-23(30(3,27)28)15-21(24,2)20(26)22-17-7-5-6-8-17/h9-12,17H,4-8,13-15H2,1-3H3,(H,22,26). The normalized spacial score (nSPS) is 23.6. The van der Waals surface area contributed by atoms with Crippen LogP contribution in [-0.2, 0) is 26.2 Å². The lowest BCUT2D eigenvalue weighted by Crippen LogP contribution is -2.69. The lowest BCUT2D eigenvalue weighted by atomic mass is 9.94. The number of nitrogens with zero attached hydrogens (tertiary/aromatic N) is 2. The van der Waals surface area contributed by atoms with Crippen LogP contribution in [0.15, 0.2) is 24.3 Å². The van der Waals surface area contributed by atoms with Crippen molar-refractivity contribution in [2.24, 2.45) is 0 Å². The lowest BCUT2D eigenvalue weighted by molar-refractivity contribution is -0.154. The van der Waals surface area contributed by atoms with Gasteiger partial charge in [-0.2, -0.15) is 4.31 Å². The molecule has 0 aromatic heterocycles. The number of rotatable bonds is 7. The van der Waals surface area contributed by atoms with E-state index in [1.807, 2.05) is 31.2 Å². The topological polar surface area (TPSA) is 96.0 Å². The van der Waals surface area contributed by atoms with Gasteiger partial charge in [0.25, 0.3) is 0 Å². The zero-order chi connectivity index (χ0) is 21.9. The van der Waals surface area contributed by atoms with Crippen molar-refractivity contribution in [3.8, 4) is 5.75 Å². The zero-order valence-electron chi connectivity index (χ0n) is 17.9. The van der Waals surface area contributed by atoms with Crippen molar-refractivity contribution in [1.29, 1.82) is 0 Å². The van der Waals surface area contributed by atoms with Crippen molar-refractivity contribution >= 4 is 21.8 Å². The van der Waals surface area contributed by atoms with E-state index in [0.717, 1.165) is 47.6 Å². The minimum Gasteiger partial charge on any atom is -0.494 e. The molecule has 9 heteroatoms. The summed E-state index contributed by atoms with van der Waals surface area (Å²) in [7, 11) is -3.61. The van der Waals surface area contributed by atoms with E-state index in [1.54, 1.807) is 6.92 Å². The molecular weight excluding hydrogens is 406 g/mol. The Morgan fingerprint density at radius 1 is 1.23 bits per heavy atom. The Kier molecular flexibility index (Phi) is 6.71. The number of hydrogen-bond acceptors (Lipinski definition) is 5. The third kappa shape index (κ3) is 4.95. The fourth-order valence-electron chi connectivity index (χ4n) is 4.14. The Bertz CT molecular complexity index is 880. The predicted octanol–water partition coefficient (Wildman–Crippen LogP) is 1.51. The van der Waals surface area contributed by atoms with Gasteiger partial charge in [0.15, 0.2) is 0 Å². The zero-order valence-corrected chi connectivity index (χ0v) is 18.7. The maximum absolute atomic E-state index is 13.3. The van der Waals surface area contributed by atoms with Crippen LogP contribution in [0, 0.1) is 0 Å². The Labute approximate surface area is 178 Å². The van der Waals surface area contributed by atoms with Crippen LogP contribution in [-0.4, -0.2) is 67.0 Å². The summed E-state index contributed by atoms with van der Waals surface area (Å²) < 4.78 is 30.9. The molecule has 2 amide bonds. The molecule has 166 valence electrons. The number of amides is 2. The predicted molar refractivity (Wildman–Crippen MR) is 113 cm³/mol. The summed E-state index contributed by atoms with van der Waals surface area (Å²) >= 11 is 0. The van der Waals surface area contributed by atoms with Crippen LogP contribution >= 0.6 is 0 Å². The van der Waals surface area contributed by atoms with E-state index >= 15 is 0 Å². The van der Waals surface area contributed by atoms with E-state index in [9.17, 15) is 18.0 Å². The second-order valence-electron chi connectivity index (χ2n) is 8.32. The highest BCUT2D eigenvalue weighted by atomic mass is 32.2. The molecular formula is C21H31N3O5S. The van der Waals surface area contributed by atoms with Crippen LogP contribution in [0.1, 0.15) is 45.1 Å². The first kappa shape index (κ1) is 22.6. The van der Waals surface area contributed by atoms with Crippen molar-refractivity contribution in [2.75, 3.05) is 26.0 Å². The Morgan fingerprint density at radius 3 is 2.43 bits per heavy atom. The van der Waals surface area contributed by atoms with Gasteiger partial charge in [0, 0.05) is 19.1 Å². The van der Waals surface area contributed by atoms with Crippen LogP contribution in [0.4, 0.5) is 0 Å². The number of hydrogen-bond donors (Lipinski definition) is 1. The molecule has 1 aliphatic carbocycles. The second kappa shape index (κ2) is 8.93. The fourth-order valence-corrected chi connectivity index (χ4v) is 4.97. The highest BCUT2D eigenvalue weighted by Crippen LogP contribution is 2.28. The number of carbonyl (C=O) groups is 2. The lowest BCUT2D eigenvalue weighted by Gasteiger charge is -2.47. The third-order valence-electron chi connectivity index (χ3n) is 5.92.